The van der Waals surface area contributed by atoms with Gasteiger partial charge in [-0.05, 0) is 42.4 Å². The van der Waals surface area contributed by atoms with Crippen LogP contribution >= 0.6 is 0 Å². The Morgan fingerprint density at radius 2 is 1.88 bits per heavy atom. The first-order chi connectivity index (χ1) is 7.35. The summed E-state index contributed by atoms with van der Waals surface area (Å²) in [6.07, 6.45) is 5.68. The topological polar surface area (TPSA) is 17.1 Å². The maximum Gasteiger partial charge on any atom is 0.139 e. The summed E-state index contributed by atoms with van der Waals surface area (Å²) in [4.78, 5) is 12.1. The quantitative estimate of drug-likeness (QED) is 0.613. The fraction of sp³-hybridized carbons (Fsp3) is 0.800. The van der Waals surface area contributed by atoms with Gasteiger partial charge in [0.2, 0.25) is 0 Å². The van der Waals surface area contributed by atoms with Gasteiger partial charge >= 0.3 is 0 Å². The molecule has 1 nitrogen and oxygen atoms in total. The van der Waals surface area contributed by atoms with Crippen LogP contribution in [0, 0.1) is 22.2 Å². The van der Waals surface area contributed by atoms with Gasteiger partial charge in [0.1, 0.15) is 5.78 Å². The Hall–Kier alpha value is -0.590. The third-order valence-electron chi connectivity index (χ3n) is 6.49. The molecule has 0 N–H and O–H groups in total. The fourth-order valence-electron chi connectivity index (χ4n) is 4.73. The first-order valence-electron chi connectivity index (χ1n) is 6.56. The van der Waals surface area contributed by atoms with E-state index in [2.05, 4.69) is 27.4 Å². The first kappa shape index (κ1) is 10.6. The minimum absolute atomic E-state index is 0.119. The van der Waals surface area contributed by atoms with Crippen LogP contribution < -0.4 is 0 Å². The van der Waals surface area contributed by atoms with Crippen LogP contribution in [0.15, 0.2) is 12.2 Å². The molecule has 0 heterocycles. The zero-order valence-electron chi connectivity index (χ0n) is 10.7. The van der Waals surface area contributed by atoms with Crippen LogP contribution in [-0.2, 0) is 4.79 Å². The largest absolute Gasteiger partial charge is 0.299 e. The first-order valence-corrected chi connectivity index (χ1v) is 6.56. The van der Waals surface area contributed by atoms with E-state index in [0.29, 0.717) is 11.2 Å². The normalized spacial score (nSPS) is 49.6. The van der Waals surface area contributed by atoms with E-state index < -0.39 is 0 Å². The van der Waals surface area contributed by atoms with E-state index in [9.17, 15) is 4.79 Å². The third kappa shape index (κ3) is 0.881. The molecule has 0 saturated heterocycles. The Bertz CT molecular complexity index is 392. The lowest BCUT2D eigenvalue weighted by molar-refractivity contribution is -0.129. The van der Waals surface area contributed by atoms with Gasteiger partial charge in [0.15, 0.2) is 0 Å². The van der Waals surface area contributed by atoms with E-state index in [1.165, 1.54) is 24.8 Å². The van der Waals surface area contributed by atoms with Crippen molar-refractivity contribution in [3.8, 4) is 0 Å². The van der Waals surface area contributed by atoms with Gasteiger partial charge in [0, 0.05) is 11.8 Å². The molecule has 16 heavy (non-hydrogen) atoms. The second-order valence-corrected chi connectivity index (χ2v) is 6.95. The van der Waals surface area contributed by atoms with Crippen LogP contribution in [0.25, 0.3) is 0 Å². The van der Waals surface area contributed by atoms with Crippen LogP contribution in [0.5, 0.6) is 0 Å². The molecule has 0 aliphatic heterocycles. The van der Waals surface area contributed by atoms with E-state index in [-0.39, 0.29) is 10.8 Å². The lowest BCUT2D eigenvalue weighted by Crippen LogP contribution is -2.41. The predicted molar refractivity (Wildman–Crippen MR) is 65.0 cm³/mol. The average Bonchev–Trinajstić information content (AvgIpc) is 2.84. The number of allylic oxidation sites excluding steroid dienone is 1. The molecule has 0 spiro atoms. The predicted octanol–water partition coefficient (Wildman–Crippen LogP) is 3.74. The summed E-state index contributed by atoms with van der Waals surface area (Å²) in [5.74, 6) is 1.22. The summed E-state index contributed by atoms with van der Waals surface area (Å²) < 4.78 is 0. The van der Waals surface area contributed by atoms with Crippen LogP contribution in [0.2, 0.25) is 0 Å². The van der Waals surface area contributed by atoms with Crippen molar-refractivity contribution in [3.05, 3.63) is 12.2 Å². The van der Waals surface area contributed by atoms with E-state index in [1.807, 2.05) is 0 Å². The van der Waals surface area contributed by atoms with Crippen molar-refractivity contribution in [2.75, 3.05) is 0 Å². The number of Topliss-reactive ketones (excluding diaryl/α,β-unsaturated/α-hetero) is 1. The van der Waals surface area contributed by atoms with E-state index >= 15 is 0 Å². The number of hydrogen-bond donors (Lipinski definition) is 0. The van der Waals surface area contributed by atoms with Crippen molar-refractivity contribution in [2.24, 2.45) is 22.2 Å². The number of rotatable bonds is 1. The zero-order valence-corrected chi connectivity index (χ0v) is 10.7. The van der Waals surface area contributed by atoms with Gasteiger partial charge in [-0.2, -0.15) is 0 Å². The van der Waals surface area contributed by atoms with Gasteiger partial charge in [0.05, 0.1) is 0 Å². The number of ketones is 1. The van der Waals surface area contributed by atoms with Gasteiger partial charge in [0.25, 0.3) is 0 Å². The van der Waals surface area contributed by atoms with E-state index in [0.717, 1.165) is 18.8 Å². The Kier molecular flexibility index (Phi) is 1.73. The van der Waals surface area contributed by atoms with Gasteiger partial charge in [-0.15, -0.1) is 0 Å². The smallest absolute Gasteiger partial charge is 0.139 e. The van der Waals surface area contributed by atoms with Crippen LogP contribution in [0.3, 0.4) is 0 Å². The highest BCUT2D eigenvalue weighted by Crippen LogP contribution is 2.79. The summed E-state index contributed by atoms with van der Waals surface area (Å²) in [6.45, 7) is 10.9. The molecule has 3 aliphatic rings. The molecule has 3 rings (SSSR count). The molecule has 3 saturated carbocycles. The monoisotopic (exact) mass is 218 g/mol. The SMILES string of the molecule is C=C1CC[C@]2([C@@]3(C)CCC(=O)C3(C)C)C[C@H]12. The minimum Gasteiger partial charge on any atom is -0.299 e. The van der Waals surface area contributed by atoms with Crippen molar-refractivity contribution in [3.63, 3.8) is 0 Å². The van der Waals surface area contributed by atoms with E-state index in [4.69, 9.17) is 0 Å². The zero-order chi connectivity index (χ0) is 11.8. The average molecular weight is 218 g/mol. The Labute approximate surface area is 98.3 Å². The maximum atomic E-state index is 12.1. The van der Waals surface area contributed by atoms with Crippen LogP contribution in [0.1, 0.15) is 52.9 Å². The molecule has 1 heteroatoms. The molecule has 0 amide bonds. The highest BCUT2D eigenvalue weighted by atomic mass is 16.1. The van der Waals surface area contributed by atoms with Crippen LogP contribution in [-0.4, -0.2) is 5.78 Å². The standard InChI is InChI=1S/C15H22O/c1-10-5-8-15(9-11(10)15)14(4)7-6-12(16)13(14,2)3/h11H,1,5-9H2,2-4H3/t11-,14+,15+/m1/s1. The minimum atomic E-state index is -0.119. The Morgan fingerprint density at radius 3 is 2.25 bits per heavy atom. The molecule has 0 aromatic rings. The molecule has 3 atom stereocenters. The van der Waals surface area contributed by atoms with Crippen molar-refractivity contribution in [2.45, 2.75) is 52.9 Å². The Morgan fingerprint density at radius 1 is 1.19 bits per heavy atom. The molecule has 0 radical (unpaired) electrons. The lowest BCUT2D eigenvalue weighted by Gasteiger charge is -2.44. The highest BCUT2D eigenvalue weighted by molar-refractivity contribution is 5.87. The number of carbonyl (C=O) groups excluding carboxylic acids is 1. The summed E-state index contributed by atoms with van der Waals surface area (Å²) in [5, 5.41) is 0. The molecule has 0 aromatic heterocycles. The molecule has 3 aliphatic carbocycles. The van der Waals surface area contributed by atoms with Crippen molar-refractivity contribution in [1.82, 2.24) is 0 Å². The van der Waals surface area contributed by atoms with E-state index in [1.54, 1.807) is 0 Å². The summed E-state index contributed by atoms with van der Waals surface area (Å²) >= 11 is 0. The third-order valence-corrected chi connectivity index (χ3v) is 6.49. The molecule has 0 unspecified atom stereocenters. The molecule has 0 bridgehead atoms. The Balaban J connectivity index is 2.02. The molecular weight excluding hydrogens is 196 g/mol. The second kappa shape index (κ2) is 2.63. The van der Waals surface area contributed by atoms with Crippen molar-refractivity contribution >= 4 is 5.78 Å². The van der Waals surface area contributed by atoms with Gasteiger partial charge < -0.3 is 0 Å². The van der Waals surface area contributed by atoms with Crippen molar-refractivity contribution in [1.29, 1.82) is 0 Å². The summed E-state index contributed by atoms with van der Waals surface area (Å²) in [7, 11) is 0. The van der Waals surface area contributed by atoms with Gasteiger partial charge in [-0.25, -0.2) is 0 Å². The number of carbonyl (C=O) groups is 1. The molecular formula is C15H22O. The summed E-state index contributed by atoms with van der Waals surface area (Å²) in [5.41, 5.74) is 2.00. The number of fused-ring (bicyclic) bond motifs is 1. The highest BCUT2D eigenvalue weighted by Gasteiger charge is 2.73. The van der Waals surface area contributed by atoms with Gasteiger partial charge in [-0.3, -0.25) is 4.79 Å². The van der Waals surface area contributed by atoms with Gasteiger partial charge in [-0.1, -0.05) is 32.9 Å². The molecule has 88 valence electrons. The lowest BCUT2D eigenvalue weighted by atomic mass is 9.59. The number of hydrogen-bond acceptors (Lipinski definition) is 1. The van der Waals surface area contributed by atoms with Crippen LogP contribution in [0.4, 0.5) is 0 Å². The maximum absolute atomic E-state index is 12.1. The molecule has 0 aromatic carbocycles. The van der Waals surface area contributed by atoms with Crippen molar-refractivity contribution < 1.29 is 4.79 Å². The molecule has 3 fully saturated rings. The fourth-order valence-corrected chi connectivity index (χ4v) is 4.73. The second-order valence-electron chi connectivity index (χ2n) is 6.95. The summed E-state index contributed by atoms with van der Waals surface area (Å²) in [6, 6.07) is 0.